The molecular weight excluding hydrogens is 114 g/mol. The molecule has 1 saturated heterocycles. The predicted octanol–water partition coefficient (Wildman–Crippen LogP) is 1.07. The van der Waals surface area contributed by atoms with Crippen molar-refractivity contribution >= 4 is 0 Å². The summed E-state index contributed by atoms with van der Waals surface area (Å²) >= 11 is 0. The highest BCUT2D eigenvalue weighted by Gasteiger charge is 2.20. The van der Waals surface area contributed by atoms with E-state index in [-0.39, 0.29) is 0 Å². The second-order valence-electron chi connectivity index (χ2n) is 2.47. The van der Waals surface area contributed by atoms with Crippen LogP contribution >= 0.6 is 0 Å². The molecule has 1 fully saturated rings. The molecule has 0 aromatic carbocycles. The van der Waals surface area contributed by atoms with Gasteiger partial charge in [0.2, 0.25) is 0 Å². The Hall–Kier alpha value is -0.0800. The average Bonchev–Trinajstić information content (AvgIpc) is 2.33. The Morgan fingerprint density at radius 2 is 2.33 bits per heavy atom. The maximum atomic E-state index is 5.28. The van der Waals surface area contributed by atoms with Crippen molar-refractivity contribution in [2.45, 2.75) is 26.3 Å². The van der Waals surface area contributed by atoms with Gasteiger partial charge in [0.1, 0.15) is 0 Å². The molecule has 0 radical (unpaired) electrons. The highest BCUT2D eigenvalue weighted by atomic mass is 16.5. The Labute approximate surface area is 56.8 Å². The largest absolute Gasteiger partial charge is 0.364 e. The van der Waals surface area contributed by atoms with Crippen LogP contribution in [0.25, 0.3) is 0 Å². The van der Waals surface area contributed by atoms with Crippen LogP contribution in [0.1, 0.15) is 20.3 Å². The van der Waals surface area contributed by atoms with Gasteiger partial charge in [-0.15, -0.1) is 0 Å². The third kappa shape index (κ3) is 1.43. The van der Waals surface area contributed by atoms with Crippen LogP contribution in [0.4, 0.5) is 0 Å². The molecule has 1 aliphatic heterocycles. The van der Waals surface area contributed by atoms with Gasteiger partial charge in [0.25, 0.3) is 0 Å². The third-order valence-corrected chi connectivity index (χ3v) is 1.96. The molecule has 0 spiro atoms. The number of likely N-dealkylation sites (N-methyl/N-ethyl adjacent to an activating group) is 1. The van der Waals surface area contributed by atoms with Crippen LogP contribution in [0, 0.1) is 0 Å². The van der Waals surface area contributed by atoms with E-state index in [2.05, 4.69) is 18.7 Å². The van der Waals surface area contributed by atoms with Gasteiger partial charge in [-0.3, -0.25) is 4.90 Å². The van der Waals surface area contributed by atoms with Crippen molar-refractivity contribution in [3.63, 3.8) is 0 Å². The number of hydrogen-bond donors (Lipinski definition) is 0. The van der Waals surface area contributed by atoms with Crippen molar-refractivity contribution in [1.29, 1.82) is 0 Å². The standard InChI is InChI=1S/C7H15NO/c1-3-7-5-9-6-8(7)4-2/h7H,3-6H2,1-2H3. The SMILES string of the molecule is CCC1COCN1CC. The van der Waals surface area contributed by atoms with Gasteiger partial charge in [-0.1, -0.05) is 13.8 Å². The molecule has 1 aliphatic rings. The number of nitrogens with zero attached hydrogens (tertiary/aromatic N) is 1. The van der Waals surface area contributed by atoms with E-state index in [1.807, 2.05) is 0 Å². The highest BCUT2D eigenvalue weighted by molar-refractivity contribution is 4.70. The zero-order valence-corrected chi connectivity index (χ0v) is 6.26. The summed E-state index contributed by atoms with van der Waals surface area (Å²) in [6, 6.07) is 0.690. The lowest BCUT2D eigenvalue weighted by molar-refractivity contribution is 0.142. The zero-order chi connectivity index (χ0) is 6.69. The lowest BCUT2D eigenvalue weighted by atomic mass is 10.2. The van der Waals surface area contributed by atoms with Crippen molar-refractivity contribution in [3.8, 4) is 0 Å². The second kappa shape index (κ2) is 3.18. The van der Waals surface area contributed by atoms with Crippen molar-refractivity contribution in [1.82, 2.24) is 4.90 Å². The summed E-state index contributed by atoms with van der Waals surface area (Å²) in [5, 5.41) is 0. The molecule has 1 atom stereocenters. The van der Waals surface area contributed by atoms with Crippen LogP contribution < -0.4 is 0 Å². The van der Waals surface area contributed by atoms with Gasteiger partial charge in [0.05, 0.1) is 13.3 Å². The molecule has 0 aromatic rings. The Kier molecular flexibility index (Phi) is 2.49. The molecule has 0 aromatic heterocycles. The van der Waals surface area contributed by atoms with Crippen LogP contribution in [-0.4, -0.2) is 30.8 Å². The summed E-state index contributed by atoms with van der Waals surface area (Å²) in [6.07, 6.45) is 1.22. The number of ether oxygens (including phenoxy) is 1. The first-order chi connectivity index (χ1) is 4.38. The first kappa shape index (κ1) is 7.03. The average molecular weight is 129 g/mol. The monoisotopic (exact) mass is 129 g/mol. The van der Waals surface area contributed by atoms with E-state index in [0.29, 0.717) is 6.04 Å². The Morgan fingerprint density at radius 3 is 2.78 bits per heavy atom. The molecule has 0 amide bonds. The Morgan fingerprint density at radius 1 is 1.56 bits per heavy atom. The van der Waals surface area contributed by atoms with Gasteiger partial charge in [0.15, 0.2) is 0 Å². The summed E-state index contributed by atoms with van der Waals surface area (Å²) in [5.41, 5.74) is 0. The molecule has 2 nitrogen and oxygen atoms in total. The molecule has 1 heterocycles. The fourth-order valence-electron chi connectivity index (χ4n) is 1.24. The van der Waals surface area contributed by atoms with Gasteiger partial charge in [-0.2, -0.15) is 0 Å². The van der Waals surface area contributed by atoms with Crippen LogP contribution in [0.2, 0.25) is 0 Å². The van der Waals surface area contributed by atoms with E-state index in [4.69, 9.17) is 4.74 Å². The fraction of sp³-hybridized carbons (Fsp3) is 1.00. The normalized spacial score (nSPS) is 29.3. The first-order valence-corrected chi connectivity index (χ1v) is 3.70. The second-order valence-corrected chi connectivity index (χ2v) is 2.47. The molecule has 54 valence electrons. The third-order valence-electron chi connectivity index (χ3n) is 1.96. The van der Waals surface area contributed by atoms with Crippen LogP contribution in [0.3, 0.4) is 0 Å². The lowest BCUT2D eigenvalue weighted by Crippen LogP contribution is -2.29. The van der Waals surface area contributed by atoms with Crippen molar-refractivity contribution in [2.75, 3.05) is 19.9 Å². The summed E-state index contributed by atoms with van der Waals surface area (Å²) in [5.74, 6) is 0. The van der Waals surface area contributed by atoms with E-state index in [1.54, 1.807) is 0 Å². The van der Waals surface area contributed by atoms with E-state index in [9.17, 15) is 0 Å². The minimum atomic E-state index is 0.690. The fourth-order valence-corrected chi connectivity index (χ4v) is 1.24. The molecule has 0 aliphatic carbocycles. The summed E-state index contributed by atoms with van der Waals surface area (Å²) < 4.78 is 5.28. The minimum Gasteiger partial charge on any atom is -0.364 e. The maximum absolute atomic E-state index is 5.28. The molecule has 0 saturated carbocycles. The van der Waals surface area contributed by atoms with Gasteiger partial charge in [-0.05, 0) is 13.0 Å². The van der Waals surface area contributed by atoms with E-state index in [0.717, 1.165) is 19.9 Å². The van der Waals surface area contributed by atoms with Gasteiger partial charge < -0.3 is 4.74 Å². The van der Waals surface area contributed by atoms with Crippen molar-refractivity contribution in [2.24, 2.45) is 0 Å². The van der Waals surface area contributed by atoms with Crippen molar-refractivity contribution in [3.05, 3.63) is 0 Å². The zero-order valence-electron chi connectivity index (χ0n) is 6.26. The topological polar surface area (TPSA) is 12.5 Å². The van der Waals surface area contributed by atoms with Gasteiger partial charge >= 0.3 is 0 Å². The number of hydrogen-bond acceptors (Lipinski definition) is 2. The van der Waals surface area contributed by atoms with E-state index >= 15 is 0 Å². The molecular formula is C7H15NO. The quantitative estimate of drug-likeness (QED) is 0.553. The van der Waals surface area contributed by atoms with Crippen LogP contribution in [-0.2, 0) is 4.74 Å². The highest BCUT2D eigenvalue weighted by Crippen LogP contribution is 2.10. The Balaban J connectivity index is 2.32. The molecule has 1 unspecified atom stereocenters. The van der Waals surface area contributed by atoms with Crippen LogP contribution in [0.15, 0.2) is 0 Å². The molecule has 1 rings (SSSR count). The first-order valence-electron chi connectivity index (χ1n) is 3.70. The van der Waals surface area contributed by atoms with Gasteiger partial charge in [0, 0.05) is 6.04 Å². The lowest BCUT2D eigenvalue weighted by Gasteiger charge is -2.17. The predicted molar refractivity (Wildman–Crippen MR) is 37.3 cm³/mol. The van der Waals surface area contributed by atoms with Crippen molar-refractivity contribution < 1.29 is 4.74 Å². The summed E-state index contributed by atoms with van der Waals surface area (Å²) in [4.78, 5) is 2.36. The molecule has 9 heavy (non-hydrogen) atoms. The smallest absolute Gasteiger partial charge is 0.0994 e. The van der Waals surface area contributed by atoms with E-state index < -0.39 is 0 Å². The Bertz CT molecular complexity index is 75.0. The summed E-state index contributed by atoms with van der Waals surface area (Å²) in [7, 11) is 0. The maximum Gasteiger partial charge on any atom is 0.0994 e. The molecule has 2 heteroatoms. The number of rotatable bonds is 2. The van der Waals surface area contributed by atoms with Crippen LogP contribution in [0.5, 0.6) is 0 Å². The summed E-state index contributed by atoms with van der Waals surface area (Å²) in [6.45, 7) is 7.29. The minimum absolute atomic E-state index is 0.690. The van der Waals surface area contributed by atoms with Gasteiger partial charge in [-0.25, -0.2) is 0 Å². The van der Waals surface area contributed by atoms with E-state index in [1.165, 1.54) is 6.42 Å². The molecule has 0 bridgehead atoms. The molecule has 0 N–H and O–H groups in total.